The van der Waals surface area contributed by atoms with Crippen LogP contribution in [0.4, 0.5) is 8.78 Å². The second-order valence-corrected chi connectivity index (χ2v) is 6.75. The van der Waals surface area contributed by atoms with Gasteiger partial charge >= 0.3 is 5.76 Å². The van der Waals surface area contributed by atoms with Crippen molar-refractivity contribution >= 4 is 15.7 Å². The van der Waals surface area contributed by atoms with Crippen LogP contribution in [0.25, 0.3) is 0 Å². The highest BCUT2D eigenvalue weighted by Crippen LogP contribution is 2.18. The molecule has 22 heavy (non-hydrogen) atoms. The summed E-state index contributed by atoms with van der Waals surface area (Å²) in [7, 11) is -4.63. The number of halogens is 2. The molecule has 5 nitrogen and oxygen atoms in total. The number of amides is 1. The minimum absolute atomic E-state index is 0.225. The molecule has 0 saturated carbocycles. The van der Waals surface area contributed by atoms with Crippen molar-refractivity contribution < 1.29 is 22.0 Å². The fourth-order valence-corrected chi connectivity index (χ4v) is 2.75. The molecule has 2 rings (SSSR count). The van der Waals surface area contributed by atoms with Crippen molar-refractivity contribution in [2.75, 3.05) is 19.6 Å². The van der Waals surface area contributed by atoms with Gasteiger partial charge in [-0.3, -0.25) is 4.79 Å². The summed E-state index contributed by atoms with van der Waals surface area (Å²) in [5.74, 6) is -3.85. The molecule has 0 fully saturated rings. The van der Waals surface area contributed by atoms with Crippen LogP contribution in [-0.2, 0) is 9.84 Å². The zero-order chi connectivity index (χ0) is 16.2. The smallest absolute Gasteiger partial charge is 0.341 e. The van der Waals surface area contributed by atoms with Gasteiger partial charge in [-0.2, -0.15) is 8.78 Å². The number of alkyl halides is 2. The number of rotatable bonds is 5. The number of sulfone groups is 1. The van der Waals surface area contributed by atoms with Crippen molar-refractivity contribution in [2.45, 2.75) is 17.1 Å². The van der Waals surface area contributed by atoms with Crippen molar-refractivity contribution in [3.05, 3.63) is 41.5 Å². The first-order chi connectivity index (χ1) is 10.4. The van der Waals surface area contributed by atoms with Gasteiger partial charge < -0.3 is 10.6 Å². The Balaban J connectivity index is 2.01. The van der Waals surface area contributed by atoms with E-state index in [1.807, 2.05) is 6.08 Å². The lowest BCUT2D eigenvalue weighted by atomic mass is 10.1. The van der Waals surface area contributed by atoms with Crippen LogP contribution in [0.1, 0.15) is 16.8 Å². The molecule has 120 valence electrons. The Morgan fingerprint density at radius 1 is 1.27 bits per heavy atom. The Morgan fingerprint density at radius 3 is 2.50 bits per heavy atom. The van der Waals surface area contributed by atoms with Crippen LogP contribution in [0.2, 0.25) is 0 Å². The van der Waals surface area contributed by atoms with E-state index in [9.17, 15) is 22.0 Å². The van der Waals surface area contributed by atoms with E-state index in [1.54, 1.807) is 0 Å². The average Bonchev–Trinajstić information content (AvgIpc) is 2.53. The fraction of sp³-hybridized carbons (Fsp3) is 0.357. The predicted octanol–water partition coefficient (Wildman–Crippen LogP) is 1.33. The molecular formula is C14H16F2N2O3S. The van der Waals surface area contributed by atoms with Gasteiger partial charge in [0.05, 0.1) is 4.90 Å². The van der Waals surface area contributed by atoms with Gasteiger partial charge in [-0.25, -0.2) is 8.42 Å². The molecule has 0 radical (unpaired) electrons. The first kappa shape index (κ1) is 16.6. The third-order valence-corrected chi connectivity index (χ3v) is 4.71. The number of hydrogen-bond acceptors (Lipinski definition) is 4. The van der Waals surface area contributed by atoms with Crippen molar-refractivity contribution in [3.63, 3.8) is 0 Å². The summed E-state index contributed by atoms with van der Waals surface area (Å²) in [6.07, 6.45) is 2.86. The van der Waals surface area contributed by atoms with Crippen LogP contribution in [0.5, 0.6) is 0 Å². The van der Waals surface area contributed by atoms with Crippen molar-refractivity contribution in [3.8, 4) is 0 Å². The summed E-state index contributed by atoms with van der Waals surface area (Å²) in [5.41, 5.74) is 1.34. The summed E-state index contributed by atoms with van der Waals surface area (Å²) in [6, 6.07) is 4.48. The molecule has 1 heterocycles. The molecule has 1 aromatic rings. The molecule has 0 aromatic heterocycles. The van der Waals surface area contributed by atoms with Crippen molar-refractivity contribution in [2.24, 2.45) is 0 Å². The molecule has 1 aliphatic heterocycles. The van der Waals surface area contributed by atoms with Crippen LogP contribution in [0.15, 0.2) is 40.8 Å². The van der Waals surface area contributed by atoms with E-state index in [0.717, 1.165) is 37.2 Å². The summed E-state index contributed by atoms with van der Waals surface area (Å²) in [5, 5.41) is 5.87. The summed E-state index contributed by atoms with van der Waals surface area (Å²) < 4.78 is 47.4. The van der Waals surface area contributed by atoms with Gasteiger partial charge in [-0.1, -0.05) is 11.6 Å². The Bertz CT molecular complexity index is 670. The van der Waals surface area contributed by atoms with E-state index in [4.69, 9.17) is 0 Å². The molecule has 0 bridgehead atoms. The minimum Gasteiger partial charge on any atom is -0.348 e. The summed E-state index contributed by atoms with van der Waals surface area (Å²) in [6.45, 7) is 2.05. The van der Waals surface area contributed by atoms with E-state index in [2.05, 4.69) is 10.6 Å². The maximum Gasteiger partial charge on any atom is 0.341 e. The first-order valence-electron chi connectivity index (χ1n) is 6.70. The van der Waals surface area contributed by atoms with E-state index in [0.29, 0.717) is 6.54 Å². The fourth-order valence-electron chi connectivity index (χ4n) is 2.02. The van der Waals surface area contributed by atoms with Crippen LogP contribution < -0.4 is 10.6 Å². The average molecular weight is 330 g/mol. The van der Waals surface area contributed by atoms with Gasteiger partial charge in [0.15, 0.2) is 0 Å². The zero-order valence-electron chi connectivity index (χ0n) is 11.7. The van der Waals surface area contributed by atoms with Gasteiger partial charge in [0.25, 0.3) is 5.91 Å². The molecule has 0 aliphatic carbocycles. The predicted molar refractivity (Wildman–Crippen MR) is 77.5 cm³/mol. The number of carbonyl (C=O) groups excluding carboxylic acids is 1. The monoisotopic (exact) mass is 330 g/mol. The number of benzene rings is 1. The number of nitrogens with one attached hydrogen (secondary N) is 2. The van der Waals surface area contributed by atoms with Gasteiger partial charge in [-0.05, 0) is 37.2 Å². The van der Waals surface area contributed by atoms with E-state index >= 15 is 0 Å². The lowest BCUT2D eigenvalue weighted by Crippen LogP contribution is -2.29. The quantitative estimate of drug-likeness (QED) is 0.799. The second kappa shape index (κ2) is 6.97. The van der Waals surface area contributed by atoms with Gasteiger partial charge in [0.2, 0.25) is 9.84 Å². The van der Waals surface area contributed by atoms with Crippen molar-refractivity contribution in [1.82, 2.24) is 10.6 Å². The molecule has 0 atom stereocenters. The Labute approximate surface area is 127 Å². The van der Waals surface area contributed by atoms with E-state index < -0.39 is 20.5 Å². The highest BCUT2D eigenvalue weighted by Gasteiger charge is 2.26. The highest BCUT2D eigenvalue weighted by molar-refractivity contribution is 7.91. The van der Waals surface area contributed by atoms with Crippen LogP contribution in [-0.4, -0.2) is 39.7 Å². The zero-order valence-corrected chi connectivity index (χ0v) is 12.5. The van der Waals surface area contributed by atoms with Crippen molar-refractivity contribution in [1.29, 1.82) is 0 Å². The maximum atomic E-state index is 12.4. The third kappa shape index (κ3) is 3.89. The topological polar surface area (TPSA) is 75.3 Å². The Morgan fingerprint density at radius 2 is 1.95 bits per heavy atom. The van der Waals surface area contributed by atoms with E-state index in [1.165, 1.54) is 12.1 Å². The summed E-state index contributed by atoms with van der Waals surface area (Å²) >= 11 is 0. The van der Waals surface area contributed by atoms with Crippen LogP contribution in [0, 0.1) is 0 Å². The molecule has 1 amide bonds. The Hall–Kier alpha value is -1.80. The van der Waals surface area contributed by atoms with E-state index in [-0.39, 0.29) is 11.5 Å². The molecule has 8 heteroatoms. The number of hydrogen-bond donors (Lipinski definition) is 2. The largest absolute Gasteiger partial charge is 0.348 e. The molecule has 2 N–H and O–H groups in total. The second-order valence-electron chi connectivity index (χ2n) is 4.83. The number of carbonyl (C=O) groups is 1. The molecule has 1 aromatic carbocycles. The Kier molecular flexibility index (Phi) is 5.25. The minimum atomic E-state index is -4.63. The molecule has 0 saturated heterocycles. The van der Waals surface area contributed by atoms with Gasteiger partial charge in [0.1, 0.15) is 0 Å². The first-order valence-corrected chi connectivity index (χ1v) is 8.25. The van der Waals surface area contributed by atoms with Gasteiger partial charge in [-0.15, -0.1) is 0 Å². The lowest BCUT2D eigenvalue weighted by Gasteiger charge is -2.14. The van der Waals surface area contributed by atoms with Gasteiger partial charge in [0, 0.05) is 18.7 Å². The normalized spacial score (nSPS) is 15.5. The molecular weight excluding hydrogens is 314 g/mol. The van der Waals surface area contributed by atoms with Crippen LogP contribution >= 0.6 is 0 Å². The highest BCUT2D eigenvalue weighted by atomic mass is 32.2. The standard InChI is InChI=1S/C14H16F2N2O3S/c15-14(16)22(20,21)12-3-1-11(2-4-12)13(19)18-9-10-5-7-17-8-6-10/h1-5,14,17H,6-9H2,(H,18,19). The summed E-state index contributed by atoms with van der Waals surface area (Å²) in [4.78, 5) is 11.4. The maximum absolute atomic E-state index is 12.4. The van der Waals surface area contributed by atoms with Crippen LogP contribution in [0.3, 0.4) is 0 Å². The molecule has 0 unspecified atom stereocenters. The SMILES string of the molecule is O=C(NCC1=CCNCC1)c1ccc(S(=O)(=O)C(F)F)cc1. The molecule has 0 spiro atoms. The lowest BCUT2D eigenvalue weighted by molar-refractivity contribution is 0.0956. The molecule has 1 aliphatic rings. The third-order valence-electron chi connectivity index (χ3n) is 3.31.